The van der Waals surface area contributed by atoms with Crippen LogP contribution >= 0.6 is 0 Å². The Hall–Kier alpha value is -0.0800. The summed E-state index contributed by atoms with van der Waals surface area (Å²) in [4.78, 5) is 2.78. The van der Waals surface area contributed by atoms with Crippen LogP contribution in [0.5, 0.6) is 0 Å². The molecule has 0 aromatic rings. The minimum atomic E-state index is 0.675. The van der Waals surface area contributed by atoms with Crippen LogP contribution in [0, 0.1) is 11.8 Å². The normalized spacial score (nSPS) is 33.2. The fourth-order valence-electron chi connectivity index (χ4n) is 3.67. The summed E-state index contributed by atoms with van der Waals surface area (Å²) in [7, 11) is 0. The molecule has 100 valence electrons. The lowest BCUT2D eigenvalue weighted by Gasteiger charge is -2.45. The van der Waals surface area contributed by atoms with E-state index in [0.29, 0.717) is 6.04 Å². The van der Waals surface area contributed by atoms with Crippen LogP contribution in [0.3, 0.4) is 0 Å². The molecule has 2 fully saturated rings. The summed E-state index contributed by atoms with van der Waals surface area (Å²) in [6.07, 6.45) is 7.33. The Balaban J connectivity index is 1.95. The second-order valence-electron chi connectivity index (χ2n) is 6.62. The van der Waals surface area contributed by atoms with E-state index in [1.165, 1.54) is 51.7 Å². The van der Waals surface area contributed by atoms with Crippen molar-refractivity contribution in [1.29, 1.82) is 0 Å². The van der Waals surface area contributed by atoms with Crippen LogP contribution in [-0.4, -0.2) is 36.6 Å². The van der Waals surface area contributed by atoms with Gasteiger partial charge in [0.05, 0.1) is 0 Å². The number of rotatable bonds is 3. The highest BCUT2D eigenvalue weighted by Gasteiger charge is 2.32. The first-order chi connectivity index (χ1) is 8.16. The molecule has 17 heavy (non-hydrogen) atoms. The van der Waals surface area contributed by atoms with Crippen LogP contribution in [0.15, 0.2) is 0 Å². The molecule has 1 saturated carbocycles. The van der Waals surface area contributed by atoms with Gasteiger partial charge in [0, 0.05) is 31.7 Å². The van der Waals surface area contributed by atoms with Crippen LogP contribution < -0.4 is 5.32 Å². The minimum Gasteiger partial charge on any atom is -0.311 e. The highest BCUT2D eigenvalue weighted by Crippen LogP contribution is 2.30. The highest BCUT2D eigenvalue weighted by molar-refractivity contribution is 4.89. The Labute approximate surface area is 107 Å². The zero-order chi connectivity index (χ0) is 12.3. The maximum atomic E-state index is 3.69. The fraction of sp³-hybridized carbons (Fsp3) is 1.00. The topological polar surface area (TPSA) is 15.3 Å². The molecule has 0 bridgehead atoms. The molecule has 2 rings (SSSR count). The Morgan fingerprint density at radius 2 is 1.88 bits per heavy atom. The van der Waals surface area contributed by atoms with Crippen molar-refractivity contribution in [3.05, 3.63) is 0 Å². The molecule has 2 atom stereocenters. The Bertz CT molecular complexity index is 219. The van der Waals surface area contributed by atoms with Crippen LogP contribution in [0.2, 0.25) is 0 Å². The second-order valence-corrected chi connectivity index (χ2v) is 6.62. The number of piperazine rings is 1. The first-order valence-corrected chi connectivity index (χ1v) is 7.64. The molecule has 0 radical (unpaired) electrons. The van der Waals surface area contributed by atoms with Gasteiger partial charge in [-0.3, -0.25) is 4.90 Å². The maximum absolute atomic E-state index is 3.69. The summed E-state index contributed by atoms with van der Waals surface area (Å²) >= 11 is 0. The van der Waals surface area contributed by atoms with E-state index in [-0.39, 0.29) is 0 Å². The predicted octanol–water partition coefficient (Wildman–Crippen LogP) is 2.89. The van der Waals surface area contributed by atoms with Crippen molar-refractivity contribution in [3.63, 3.8) is 0 Å². The van der Waals surface area contributed by atoms with Gasteiger partial charge in [0.2, 0.25) is 0 Å². The number of nitrogens with one attached hydrogen (secondary N) is 1. The number of hydrogen-bond acceptors (Lipinski definition) is 2. The standard InChI is InChI=1S/C15H30N2/c1-12(2)10-17-11-13(3)16-9-15(17)14-7-5-4-6-8-14/h12-16H,4-11H2,1-3H3. The Morgan fingerprint density at radius 3 is 2.53 bits per heavy atom. The molecule has 2 nitrogen and oxygen atoms in total. The molecule has 1 saturated heterocycles. The van der Waals surface area contributed by atoms with E-state index < -0.39 is 0 Å². The summed E-state index contributed by atoms with van der Waals surface area (Å²) in [5.41, 5.74) is 0. The van der Waals surface area contributed by atoms with Crippen LogP contribution in [0.25, 0.3) is 0 Å². The number of hydrogen-bond donors (Lipinski definition) is 1. The minimum absolute atomic E-state index is 0.675. The van der Waals surface area contributed by atoms with Crippen molar-refractivity contribution in [1.82, 2.24) is 10.2 Å². The van der Waals surface area contributed by atoms with Crippen molar-refractivity contribution in [2.75, 3.05) is 19.6 Å². The Morgan fingerprint density at radius 1 is 1.18 bits per heavy atom. The van der Waals surface area contributed by atoms with Crippen molar-refractivity contribution in [2.24, 2.45) is 11.8 Å². The van der Waals surface area contributed by atoms with Crippen molar-refractivity contribution < 1.29 is 0 Å². The van der Waals surface area contributed by atoms with Gasteiger partial charge in [-0.05, 0) is 31.6 Å². The predicted molar refractivity (Wildman–Crippen MR) is 74.2 cm³/mol. The molecule has 2 heteroatoms. The van der Waals surface area contributed by atoms with Gasteiger partial charge >= 0.3 is 0 Å². The van der Waals surface area contributed by atoms with Crippen molar-refractivity contribution in [3.8, 4) is 0 Å². The average Bonchev–Trinajstić information content (AvgIpc) is 2.29. The molecule has 1 aliphatic heterocycles. The van der Waals surface area contributed by atoms with E-state index in [9.17, 15) is 0 Å². The maximum Gasteiger partial charge on any atom is 0.0249 e. The van der Waals surface area contributed by atoms with Crippen molar-refractivity contribution in [2.45, 2.75) is 65.0 Å². The molecule has 1 N–H and O–H groups in total. The van der Waals surface area contributed by atoms with Gasteiger partial charge in [0.1, 0.15) is 0 Å². The zero-order valence-electron chi connectivity index (χ0n) is 11.9. The van der Waals surface area contributed by atoms with Gasteiger partial charge in [0.25, 0.3) is 0 Å². The van der Waals surface area contributed by atoms with Gasteiger partial charge in [0.15, 0.2) is 0 Å². The van der Waals surface area contributed by atoms with Gasteiger partial charge < -0.3 is 5.32 Å². The molecule has 0 spiro atoms. The molecule has 2 unspecified atom stereocenters. The van der Waals surface area contributed by atoms with E-state index in [2.05, 4.69) is 31.0 Å². The van der Waals surface area contributed by atoms with E-state index in [4.69, 9.17) is 0 Å². The lowest BCUT2D eigenvalue weighted by Crippen LogP contribution is -2.58. The average molecular weight is 238 g/mol. The van der Waals surface area contributed by atoms with Crippen LogP contribution in [0.4, 0.5) is 0 Å². The molecular formula is C15H30N2. The lowest BCUT2D eigenvalue weighted by atomic mass is 9.82. The lowest BCUT2D eigenvalue weighted by molar-refractivity contribution is 0.0655. The molecular weight excluding hydrogens is 208 g/mol. The van der Waals surface area contributed by atoms with E-state index in [1.54, 1.807) is 0 Å². The summed E-state index contributed by atoms with van der Waals surface area (Å²) in [6, 6.07) is 1.49. The van der Waals surface area contributed by atoms with Gasteiger partial charge in [-0.15, -0.1) is 0 Å². The molecule has 2 aliphatic rings. The zero-order valence-corrected chi connectivity index (χ0v) is 11.9. The van der Waals surface area contributed by atoms with E-state index >= 15 is 0 Å². The summed E-state index contributed by atoms with van der Waals surface area (Å²) in [5.74, 6) is 1.76. The van der Waals surface area contributed by atoms with Crippen LogP contribution in [0.1, 0.15) is 52.9 Å². The number of nitrogens with zero attached hydrogens (tertiary/aromatic N) is 1. The third-order valence-electron chi connectivity index (χ3n) is 4.45. The van der Waals surface area contributed by atoms with E-state index in [0.717, 1.165) is 17.9 Å². The van der Waals surface area contributed by atoms with Gasteiger partial charge in [-0.1, -0.05) is 33.1 Å². The summed E-state index contributed by atoms with van der Waals surface area (Å²) < 4.78 is 0. The van der Waals surface area contributed by atoms with Crippen LogP contribution in [-0.2, 0) is 0 Å². The third-order valence-corrected chi connectivity index (χ3v) is 4.45. The fourth-order valence-corrected chi connectivity index (χ4v) is 3.67. The first-order valence-electron chi connectivity index (χ1n) is 7.64. The molecule has 0 aromatic heterocycles. The van der Waals surface area contributed by atoms with Gasteiger partial charge in [-0.25, -0.2) is 0 Å². The van der Waals surface area contributed by atoms with E-state index in [1.807, 2.05) is 0 Å². The summed E-state index contributed by atoms with van der Waals surface area (Å²) in [6.45, 7) is 10.8. The summed E-state index contributed by atoms with van der Waals surface area (Å²) in [5, 5.41) is 3.69. The third kappa shape index (κ3) is 3.69. The molecule has 0 amide bonds. The monoisotopic (exact) mass is 238 g/mol. The molecule has 1 heterocycles. The van der Waals surface area contributed by atoms with Gasteiger partial charge in [-0.2, -0.15) is 0 Å². The molecule has 1 aliphatic carbocycles. The quantitative estimate of drug-likeness (QED) is 0.813. The first kappa shape index (κ1) is 13.4. The smallest absolute Gasteiger partial charge is 0.0249 e. The van der Waals surface area contributed by atoms with Crippen molar-refractivity contribution >= 4 is 0 Å². The molecule has 0 aromatic carbocycles. The highest BCUT2D eigenvalue weighted by atomic mass is 15.2. The Kier molecular flexibility index (Phi) is 4.87. The SMILES string of the molecule is CC(C)CN1CC(C)NCC1C1CCCCC1. The largest absolute Gasteiger partial charge is 0.311 e. The second kappa shape index (κ2) is 6.19.